The van der Waals surface area contributed by atoms with E-state index in [1.165, 1.54) is 11.1 Å². The van der Waals surface area contributed by atoms with E-state index in [2.05, 4.69) is 38.6 Å². The number of carbonyl (C=O) groups is 1. The third kappa shape index (κ3) is 3.36. The summed E-state index contributed by atoms with van der Waals surface area (Å²) >= 11 is 3.38. The highest BCUT2D eigenvalue weighted by Crippen LogP contribution is 2.15. The molecule has 0 saturated heterocycles. The first-order chi connectivity index (χ1) is 9.10. The third-order valence-corrected chi connectivity index (χ3v) is 3.17. The maximum absolute atomic E-state index is 11.8. The molecule has 0 fully saturated rings. The summed E-state index contributed by atoms with van der Waals surface area (Å²) < 4.78 is 1.03. The molecule has 6 heteroatoms. The molecule has 0 aromatic heterocycles. The van der Waals surface area contributed by atoms with E-state index < -0.39 is 0 Å². The Labute approximate surface area is 120 Å². The number of nitrogens with zero attached hydrogens (tertiary/aromatic N) is 1. The van der Waals surface area contributed by atoms with Crippen LogP contribution in [-0.4, -0.2) is 24.5 Å². The Bertz CT molecular complexity index is 524. The van der Waals surface area contributed by atoms with Crippen molar-refractivity contribution < 1.29 is 4.79 Å². The van der Waals surface area contributed by atoms with Gasteiger partial charge in [0.05, 0.1) is 6.54 Å². The first kappa shape index (κ1) is 13.6. The molecular formula is C13H15BrN4O. The van der Waals surface area contributed by atoms with Crippen molar-refractivity contribution in [3.63, 3.8) is 0 Å². The number of hydrogen-bond donors (Lipinski definition) is 3. The van der Waals surface area contributed by atoms with Gasteiger partial charge in [-0.2, -0.15) is 0 Å². The Morgan fingerprint density at radius 3 is 2.63 bits per heavy atom. The molecule has 0 aliphatic carbocycles. The average molecular weight is 323 g/mol. The van der Waals surface area contributed by atoms with Crippen molar-refractivity contribution in [1.29, 1.82) is 0 Å². The number of benzene rings is 1. The fraction of sp³-hybridized carbons (Fsp3) is 0.154. The van der Waals surface area contributed by atoms with Crippen LogP contribution in [0.3, 0.4) is 0 Å². The topological polar surface area (TPSA) is 56.4 Å². The standard InChI is InChI=1S/C13H15BrN4O/c1-9-17-12(7-13(19)18(9)15-2)8-16-11-5-3-10(14)4-6-11/h3-7,15-17H,1,8H2,2H3. The number of hydrazine groups is 1. The minimum Gasteiger partial charge on any atom is -0.379 e. The predicted molar refractivity (Wildman–Crippen MR) is 78.9 cm³/mol. The van der Waals surface area contributed by atoms with Crippen molar-refractivity contribution in [3.8, 4) is 0 Å². The molecule has 5 nitrogen and oxygen atoms in total. The predicted octanol–water partition coefficient (Wildman–Crippen LogP) is 1.78. The molecule has 1 amide bonds. The number of carbonyl (C=O) groups excluding carboxylic acids is 1. The molecule has 0 unspecified atom stereocenters. The number of halogens is 1. The largest absolute Gasteiger partial charge is 0.379 e. The van der Waals surface area contributed by atoms with E-state index in [4.69, 9.17) is 0 Å². The van der Waals surface area contributed by atoms with Gasteiger partial charge < -0.3 is 10.6 Å². The second-order valence-corrected chi connectivity index (χ2v) is 4.91. The number of nitrogens with one attached hydrogen (secondary N) is 3. The van der Waals surface area contributed by atoms with Crippen molar-refractivity contribution in [2.24, 2.45) is 0 Å². The molecule has 2 rings (SSSR count). The lowest BCUT2D eigenvalue weighted by Gasteiger charge is -2.28. The molecule has 0 bridgehead atoms. The van der Waals surface area contributed by atoms with Crippen LogP contribution in [0.25, 0.3) is 0 Å². The highest BCUT2D eigenvalue weighted by Gasteiger charge is 2.19. The Kier molecular flexibility index (Phi) is 4.24. The fourth-order valence-corrected chi connectivity index (χ4v) is 1.99. The first-order valence-corrected chi connectivity index (χ1v) is 6.57. The summed E-state index contributed by atoms with van der Waals surface area (Å²) in [6, 6.07) is 7.84. The lowest BCUT2D eigenvalue weighted by molar-refractivity contribution is -0.127. The van der Waals surface area contributed by atoms with Crippen molar-refractivity contribution >= 4 is 27.5 Å². The Morgan fingerprint density at radius 1 is 1.37 bits per heavy atom. The average Bonchev–Trinajstić information content (AvgIpc) is 2.38. The minimum atomic E-state index is -0.140. The first-order valence-electron chi connectivity index (χ1n) is 5.77. The van der Waals surface area contributed by atoms with Gasteiger partial charge in [-0.1, -0.05) is 22.5 Å². The molecule has 3 N–H and O–H groups in total. The monoisotopic (exact) mass is 322 g/mol. The van der Waals surface area contributed by atoms with Gasteiger partial charge in [-0.25, -0.2) is 10.4 Å². The van der Waals surface area contributed by atoms with Gasteiger partial charge in [0.25, 0.3) is 5.91 Å². The summed E-state index contributed by atoms with van der Waals surface area (Å²) in [6.07, 6.45) is 1.54. The molecular weight excluding hydrogens is 308 g/mol. The Morgan fingerprint density at radius 2 is 2.05 bits per heavy atom. The van der Waals surface area contributed by atoms with Crippen LogP contribution in [0.15, 0.2) is 52.9 Å². The number of amides is 1. The SMILES string of the molecule is C=C1NC(CNc2ccc(Br)cc2)=CC(=O)N1NC. The molecule has 1 aliphatic heterocycles. The highest BCUT2D eigenvalue weighted by atomic mass is 79.9. The van der Waals surface area contributed by atoms with Gasteiger partial charge in [0, 0.05) is 29.0 Å². The van der Waals surface area contributed by atoms with Crippen molar-refractivity contribution in [3.05, 3.63) is 52.9 Å². The summed E-state index contributed by atoms with van der Waals surface area (Å²) in [5.41, 5.74) is 4.52. The quantitative estimate of drug-likeness (QED) is 0.791. The summed E-state index contributed by atoms with van der Waals surface area (Å²) in [6.45, 7) is 4.32. The van der Waals surface area contributed by atoms with E-state index in [1.807, 2.05) is 24.3 Å². The summed E-state index contributed by atoms with van der Waals surface area (Å²) in [4.78, 5) is 11.8. The van der Waals surface area contributed by atoms with Crippen LogP contribution < -0.4 is 16.1 Å². The van der Waals surface area contributed by atoms with Crippen LogP contribution in [0.1, 0.15) is 0 Å². The van der Waals surface area contributed by atoms with Gasteiger partial charge in [-0.15, -0.1) is 0 Å². The second kappa shape index (κ2) is 5.90. The fourth-order valence-electron chi connectivity index (χ4n) is 1.73. The molecule has 1 aliphatic rings. The molecule has 0 spiro atoms. The summed E-state index contributed by atoms with van der Waals surface area (Å²) in [5, 5.41) is 7.65. The molecule has 0 atom stereocenters. The highest BCUT2D eigenvalue weighted by molar-refractivity contribution is 9.10. The molecule has 1 aromatic rings. The van der Waals surface area contributed by atoms with Gasteiger partial charge >= 0.3 is 0 Å². The summed E-state index contributed by atoms with van der Waals surface area (Å²) in [7, 11) is 1.67. The zero-order valence-corrected chi connectivity index (χ0v) is 12.1. The Hall–Kier alpha value is -1.79. The van der Waals surface area contributed by atoms with Crippen molar-refractivity contribution in [1.82, 2.24) is 15.8 Å². The second-order valence-electron chi connectivity index (χ2n) is 4.00. The molecule has 19 heavy (non-hydrogen) atoms. The number of rotatable bonds is 4. The van der Waals surface area contributed by atoms with E-state index in [0.29, 0.717) is 12.4 Å². The van der Waals surface area contributed by atoms with Gasteiger partial charge in [0.1, 0.15) is 5.82 Å². The van der Waals surface area contributed by atoms with Crippen LogP contribution in [0.4, 0.5) is 5.69 Å². The minimum absolute atomic E-state index is 0.140. The number of anilines is 1. The lowest BCUT2D eigenvalue weighted by Crippen LogP contribution is -2.47. The van der Waals surface area contributed by atoms with Gasteiger partial charge in [0.15, 0.2) is 0 Å². The molecule has 0 radical (unpaired) electrons. The maximum Gasteiger partial charge on any atom is 0.268 e. The van der Waals surface area contributed by atoms with Gasteiger partial charge in [0.2, 0.25) is 0 Å². The van der Waals surface area contributed by atoms with Crippen LogP contribution in [0.2, 0.25) is 0 Å². The molecule has 0 saturated carbocycles. The van der Waals surface area contributed by atoms with Crippen LogP contribution in [-0.2, 0) is 4.79 Å². The van der Waals surface area contributed by atoms with E-state index >= 15 is 0 Å². The van der Waals surface area contributed by atoms with Crippen LogP contribution >= 0.6 is 15.9 Å². The zero-order valence-electron chi connectivity index (χ0n) is 10.5. The maximum atomic E-state index is 11.8. The van der Waals surface area contributed by atoms with Gasteiger partial charge in [-0.05, 0) is 24.3 Å². The normalized spacial score (nSPS) is 15.1. The lowest BCUT2D eigenvalue weighted by atomic mass is 10.3. The van der Waals surface area contributed by atoms with Crippen LogP contribution in [0, 0.1) is 0 Å². The third-order valence-electron chi connectivity index (χ3n) is 2.64. The van der Waals surface area contributed by atoms with Crippen molar-refractivity contribution in [2.45, 2.75) is 0 Å². The van der Waals surface area contributed by atoms with E-state index in [-0.39, 0.29) is 5.91 Å². The van der Waals surface area contributed by atoms with Gasteiger partial charge in [-0.3, -0.25) is 4.79 Å². The summed E-state index contributed by atoms with van der Waals surface area (Å²) in [5.74, 6) is 0.376. The molecule has 100 valence electrons. The zero-order chi connectivity index (χ0) is 13.8. The smallest absolute Gasteiger partial charge is 0.268 e. The van der Waals surface area contributed by atoms with Crippen molar-refractivity contribution in [2.75, 3.05) is 18.9 Å². The van der Waals surface area contributed by atoms with E-state index in [9.17, 15) is 4.79 Å². The van der Waals surface area contributed by atoms with E-state index in [0.717, 1.165) is 15.9 Å². The Balaban J connectivity index is 1.98. The number of hydrogen-bond acceptors (Lipinski definition) is 4. The van der Waals surface area contributed by atoms with Crippen LogP contribution in [0.5, 0.6) is 0 Å². The van der Waals surface area contributed by atoms with E-state index in [1.54, 1.807) is 7.05 Å². The molecule has 1 aromatic carbocycles. The molecule has 1 heterocycles.